The molecule has 0 aliphatic carbocycles. The topological polar surface area (TPSA) is 98.4 Å². The van der Waals surface area contributed by atoms with Crippen LogP contribution in [0.3, 0.4) is 0 Å². The van der Waals surface area contributed by atoms with Gasteiger partial charge < -0.3 is 15.1 Å². The van der Waals surface area contributed by atoms with Gasteiger partial charge in [0.15, 0.2) is 0 Å². The summed E-state index contributed by atoms with van der Waals surface area (Å²) in [6, 6.07) is 9.11. The fourth-order valence-electron chi connectivity index (χ4n) is 3.83. The van der Waals surface area contributed by atoms with Gasteiger partial charge in [-0.1, -0.05) is 18.2 Å². The van der Waals surface area contributed by atoms with Gasteiger partial charge in [0, 0.05) is 43.4 Å². The van der Waals surface area contributed by atoms with E-state index in [1.54, 1.807) is 9.80 Å². The van der Waals surface area contributed by atoms with Crippen molar-refractivity contribution in [1.29, 1.82) is 0 Å². The van der Waals surface area contributed by atoms with Gasteiger partial charge >= 0.3 is 6.03 Å². The van der Waals surface area contributed by atoms with Crippen molar-refractivity contribution >= 4 is 17.6 Å². The summed E-state index contributed by atoms with van der Waals surface area (Å²) in [5.41, 5.74) is 3.39. The van der Waals surface area contributed by atoms with Crippen LogP contribution in [-0.4, -0.2) is 46.7 Å². The number of para-hydroxylation sites is 1. The Morgan fingerprint density at radius 2 is 1.96 bits per heavy atom. The van der Waals surface area contributed by atoms with Crippen LogP contribution in [0.15, 0.2) is 35.1 Å². The predicted molar refractivity (Wildman–Crippen MR) is 104 cm³/mol. The number of nitrogens with one attached hydrogen (secondary N) is 2. The minimum Gasteiger partial charge on any atom is -0.329 e. The monoisotopic (exact) mass is 381 g/mol. The zero-order valence-corrected chi connectivity index (χ0v) is 15.6. The molecule has 2 aliphatic heterocycles. The molecule has 2 aromatic rings. The van der Waals surface area contributed by atoms with Crippen LogP contribution in [0.2, 0.25) is 0 Å². The van der Waals surface area contributed by atoms with Gasteiger partial charge in [-0.05, 0) is 30.9 Å². The molecule has 0 fully saturated rings. The molecule has 8 nitrogen and oxygen atoms in total. The van der Waals surface area contributed by atoms with E-state index in [9.17, 15) is 14.4 Å². The van der Waals surface area contributed by atoms with Crippen molar-refractivity contribution < 1.29 is 9.59 Å². The SMILES string of the molecule is O=C(NCC(=O)N1CCCCc2ccccc21)N1CCc2n[nH]c(=O)cc2C1. The second-order valence-corrected chi connectivity index (χ2v) is 7.17. The molecule has 28 heavy (non-hydrogen) atoms. The molecule has 2 N–H and O–H groups in total. The highest BCUT2D eigenvalue weighted by atomic mass is 16.2. The van der Waals surface area contributed by atoms with Gasteiger partial charge in [-0.25, -0.2) is 9.89 Å². The zero-order valence-electron chi connectivity index (χ0n) is 15.6. The molecule has 1 aromatic carbocycles. The number of rotatable bonds is 2. The summed E-state index contributed by atoms with van der Waals surface area (Å²) in [6.07, 6.45) is 3.53. The molecular formula is C20H23N5O3. The molecule has 3 amide bonds. The van der Waals surface area contributed by atoms with Crippen molar-refractivity contribution in [3.63, 3.8) is 0 Å². The van der Waals surface area contributed by atoms with Gasteiger partial charge in [0.05, 0.1) is 12.2 Å². The van der Waals surface area contributed by atoms with E-state index in [1.165, 1.54) is 11.6 Å². The summed E-state index contributed by atoms with van der Waals surface area (Å²) in [5, 5.41) is 9.18. The summed E-state index contributed by atoms with van der Waals surface area (Å²) < 4.78 is 0. The lowest BCUT2D eigenvalue weighted by Gasteiger charge is -2.28. The van der Waals surface area contributed by atoms with Crippen molar-refractivity contribution in [2.45, 2.75) is 32.2 Å². The first-order valence-corrected chi connectivity index (χ1v) is 9.60. The molecule has 146 valence electrons. The number of H-pyrrole nitrogens is 1. The van der Waals surface area contributed by atoms with Crippen LogP contribution < -0.4 is 15.8 Å². The van der Waals surface area contributed by atoms with Gasteiger partial charge in [-0.2, -0.15) is 5.10 Å². The third-order valence-electron chi connectivity index (χ3n) is 5.30. The smallest absolute Gasteiger partial charge is 0.318 e. The average Bonchev–Trinajstić information content (AvgIpc) is 2.93. The first-order valence-electron chi connectivity index (χ1n) is 9.60. The number of carbonyl (C=O) groups is 2. The minimum atomic E-state index is -0.303. The van der Waals surface area contributed by atoms with E-state index in [0.717, 1.165) is 36.2 Å². The Morgan fingerprint density at radius 1 is 1.11 bits per heavy atom. The van der Waals surface area contributed by atoms with Gasteiger partial charge in [0.1, 0.15) is 0 Å². The van der Waals surface area contributed by atoms with E-state index in [2.05, 4.69) is 21.6 Å². The van der Waals surface area contributed by atoms with Crippen molar-refractivity contribution in [2.24, 2.45) is 0 Å². The Balaban J connectivity index is 1.39. The summed E-state index contributed by atoms with van der Waals surface area (Å²) in [7, 11) is 0. The Bertz CT molecular complexity index is 955. The van der Waals surface area contributed by atoms with Crippen molar-refractivity contribution in [3.05, 3.63) is 57.5 Å². The number of aromatic amines is 1. The molecule has 8 heteroatoms. The second kappa shape index (κ2) is 7.84. The lowest BCUT2D eigenvalue weighted by molar-refractivity contribution is -0.117. The largest absolute Gasteiger partial charge is 0.329 e. The highest BCUT2D eigenvalue weighted by Crippen LogP contribution is 2.26. The number of amides is 3. The van der Waals surface area contributed by atoms with E-state index in [-0.39, 0.29) is 24.0 Å². The van der Waals surface area contributed by atoms with Crippen LogP contribution in [0, 0.1) is 0 Å². The number of fused-ring (bicyclic) bond motifs is 2. The number of aryl methyl sites for hydroxylation is 1. The van der Waals surface area contributed by atoms with Gasteiger partial charge in [-0.15, -0.1) is 0 Å². The van der Waals surface area contributed by atoms with Crippen molar-refractivity contribution in [1.82, 2.24) is 20.4 Å². The van der Waals surface area contributed by atoms with Crippen LogP contribution in [0.1, 0.15) is 29.7 Å². The fraction of sp³-hybridized carbons (Fsp3) is 0.400. The van der Waals surface area contributed by atoms with Crippen LogP contribution in [-0.2, 0) is 24.2 Å². The van der Waals surface area contributed by atoms with E-state index in [1.807, 2.05) is 18.2 Å². The minimum absolute atomic E-state index is 0.0514. The molecule has 1 aromatic heterocycles. The molecule has 0 radical (unpaired) electrons. The molecule has 2 aliphatic rings. The van der Waals surface area contributed by atoms with Crippen LogP contribution in [0.4, 0.5) is 10.5 Å². The van der Waals surface area contributed by atoms with Crippen molar-refractivity contribution in [2.75, 3.05) is 24.5 Å². The predicted octanol–water partition coefficient (Wildman–Crippen LogP) is 1.21. The average molecular weight is 381 g/mol. The lowest BCUT2D eigenvalue weighted by atomic mass is 10.1. The maximum atomic E-state index is 12.8. The lowest BCUT2D eigenvalue weighted by Crippen LogP contribution is -2.47. The zero-order chi connectivity index (χ0) is 19.5. The van der Waals surface area contributed by atoms with Crippen LogP contribution >= 0.6 is 0 Å². The molecule has 0 bridgehead atoms. The molecular weight excluding hydrogens is 358 g/mol. The summed E-state index contributed by atoms with van der Waals surface area (Å²) in [4.78, 5) is 40.1. The molecule has 4 rings (SSSR count). The van der Waals surface area contributed by atoms with E-state index in [0.29, 0.717) is 26.1 Å². The highest BCUT2D eigenvalue weighted by molar-refractivity contribution is 5.97. The molecule has 0 atom stereocenters. The Hall–Kier alpha value is -3.16. The van der Waals surface area contributed by atoms with Crippen LogP contribution in [0.25, 0.3) is 0 Å². The van der Waals surface area contributed by atoms with E-state index < -0.39 is 0 Å². The number of urea groups is 1. The first kappa shape index (κ1) is 18.2. The van der Waals surface area contributed by atoms with E-state index in [4.69, 9.17) is 0 Å². The number of benzene rings is 1. The Morgan fingerprint density at radius 3 is 2.86 bits per heavy atom. The number of aromatic nitrogens is 2. The first-order chi connectivity index (χ1) is 13.6. The number of nitrogens with zero attached hydrogens (tertiary/aromatic N) is 3. The Kier molecular flexibility index (Phi) is 5.10. The maximum absolute atomic E-state index is 12.8. The maximum Gasteiger partial charge on any atom is 0.318 e. The highest BCUT2D eigenvalue weighted by Gasteiger charge is 2.24. The number of hydrogen-bond acceptors (Lipinski definition) is 4. The third-order valence-corrected chi connectivity index (χ3v) is 5.30. The normalized spacial score (nSPS) is 16.0. The standard InChI is InChI=1S/C20H23N5O3/c26-18-11-15-13-24(10-8-16(15)22-23-18)20(28)21-12-19(27)25-9-4-3-6-14-5-1-2-7-17(14)25/h1-2,5,7,11H,3-4,6,8-10,12-13H2,(H,21,28)(H,23,26). The molecule has 3 heterocycles. The van der Waals surface area contributed by atoms with E-state index >= 15 is 0 Å². The van der Waals surface area contributed by atoms with Gasteiger partial charge in [0.2, 0.25) is 5.91 Å². The van der Waals surface area contributed by atoms with Crippen molar-refractivity contribution in [3.8, 4) is 0 Å². The molecule has 0 spiro atoms. The third kappa shape index (κ3) is 3.76. The molecule has 0 unspecified atom stereocenters. The molecule has 0 saturated carbocycles. The Labute approximate surface area is 162 Å². The quantitative estimate of drug-likeness (QED) is 0.817. The summed E-state index contributed by atoms with van der Waals surface area (Å²) >= 11 is 0. The second-order valence-electron chi connectivity index (χ2n) is 7.17. The fourth-order valence-corrected chi connectivity index (χ4v) is 3.83. The summed E-state index contributed by atoms with van der Waals surface area (Å²) in [6.45, 7) is 1.43. The molecule has 0 saturated heterocycles. The number of hydrogen-bond donors (Lipinski definition) is 2. The van der Waals surface area contributed by atoms with Crippen LogP contribution in [0.5, 0.6) is 0 Å². The van der Waals surface area contributed by atoms with Gasteiger partial charge in [-0.3, -0.25) is 9.59 Å². The number of carbonyl (C=O) groups excluding carboxylic acids is 2. The van der Waals surface area contributed by atoms with Gasteiger partial charge in [0.25, 0.3) is 5.56 Å². The number of anilines is 1. The summed E-state index contributed by atoms with van der Waals surface area (Å²) in [5.74, 6) is -0.113.